The fourth-order valence-electron chi connectivity index (χ4n) is 5.19. The Hall–Kier alpha value is -2.73. The van der Waals surface area contributed by atoms with E-state index in [1.165, 1.54) is 18.9 Å². The SMILES string of the molecule is COc1ccc(Cc2noc(CCC3CCC(C(c4cccc(F)c4)N(C)C)CC3)n2)cc1. The van der Waals surface area contributed by atoms with Crippen LogP contribution in [0.1, 0.15) is 61.0 Å². The van der Waals surface area contributed by atoms with Gasteiger partial charge in [-0.25, -0.2) is 4.39 Å². The first-order valence-corrected chi connectivity index (χ1v) is 11.9. The Balaban J connectivity index is 1.26. The van der Waals surface area contributed by atoms with Gasteiger partial charge in [-0.2, -0.15) is 4.98 Å². The summed E-state index contributed by atoms with van der Waals surface area (Å²) in [6.07, 6.45) is 7.27. The lowest BCUT2D eigenvalue weighted by atomic mass is 9.75. The zero-order chi connectivity index (χ0) is 23.2. The van der Waals surface area contributed by atoms with Crippen molar-refractivity contribution in [2.75, 3.05) is 21.2 Å². The van der Waals surface area contributed by atoms with Gasteiger partial charge in [0.1, 0.15) is 11.6 Å². The van der Waals surface area contributed by atoms with Crippen LogP contribution >= 0.6 is 0 Å². The molecule has 176 valence electrons. The molecule has 33 heavy (non-hydrogen) atoms. The second-order valence-corrected chi connectivity index (χ2v) is 9.41. The van der Waals surface area contributed by atoms with Crippen LogP contribution in [0.25, 0.3) is 0 Å². The molecule has 1 saturated carbocycles. The predicted octanol–water partition coefficient (Wildman–Crippen LogP) is 5.85. The van der Waals surface area contributed by atoms with Crippen LogP contribution in [0.4, 0.5) is 4.39 Å². The summed E-state index contributed by atoms with van der Waals surface area (Å²) in [5.41, 5.74) is 2.22. The van der Waals surface area contributed by atoms with E-state index in [1.54, 1.807) is 13.2 Å². The Labute approximate surface area is 196 Å². The van der Waals surface area contributed by atoms with Crippen molar-refractivity contribution in [3.8, 4) is 5.75 Å². The number of aromatic nitrogens is 2. The quantitative estimate of drug-likeness (QED) is 0.408. The lowest BCUT2D eigenvalue weighted by Crippen LogP contribution is -2.30. The number of rotatable bonds is 9. The van der Waals surface area contributed by atoms with E-state index < -0.39 is 0 Å². The smallest absolute Gasteiger partial charge is 0.226 e. The predicted molar refractivity (Wildman–Crippen MR) is 127 cm³/mol. The zero-order valence-corrected chi connectivity index (χ0v) is 19.8. The Morgan fingerprint density at radius 3 is 2.52 bits per heavy atom. The summed E-state index contributed by atoms with van der Waals surface area (Å²) in [7, 11) is 5.86. The van der Waals surface area contributed by atoms with E-state index in [4.69, 9.17) is 9.26 Å². The van der Waals surface area contributed by atoms with E-state index >= 15 is 0 Å². The number of ether oxygens (including phenoxy) is 1. The largest absolute Gasteiger partial charge is 0.497 e. The first-order valence-electron chi connectivity index (χ1n) is 11.9. The molecule has 2 aromatic carbocycles. The molecule has 0 N–H and O–H groups in total. The van der Waals surface area contributed by atoms with Crippen molar-refractivity contribution in [3.63, 3.8) is 0 Å². The Morgan fingerprint density at radius 1 is 1.09 bits per heavy atom. The van der Waals surface area contributed by atoms with Gasteiger partial charge in [-0.15, -0.1) is 0 Å². The topological polar surface area (TPSA) is 51.4 Å². The molecule has 1 fully saturated rings. The van der Waals surface area contributed by atoms with Crippen LogP contribution in [0.2, 0.25) is 0 Å². The minimum absolute atomic E-state index is 0.154. The molecule has 0 saturated heterocycles. The van der Waals surface area contributed by atoms with E-state index in [2.05, 4.69) is 35.2 Å². The summed E-state index contributed by atoms with van der Waals surface area (Å²) in [5.74, 6) is 3.37. The van der Waals surface area contributed by atoms with Gasteiger partial charge in [0.05, 0.1) is 7.11 Å². The van der Waals surface area contributed by atoms with E-state index in [0.29, 0.717) is 18.3 Å². The zero-order valence-electron chi connectivity index (χ0n) is 19.8. The third kappa shape index (κ3) is 6.20. The third-order valence-corrected chi connectivity index (χ3v) is 6.88. The summed E-state index contributed by atoms with van der Waals surface area (Å²) < 4.78 is 24.5. The number of hydrogen-bond acceptors (Lipinski definition) is 5. The maximum Gasteiger partial charge on any atom is 0.226 e. The van der Waals surface area contributed by atoms with E-state index in [0.717, 1.165) is 54.3 Å². The number of halogens is 1. The molecule has 6 heteroatoms. The van der Waals surface area contributed by atoms with Gasteiger partial charge in [0.2, 0.25) is 5.89 Å². The highest BCUT2D eigenvalue weighted by atomic mass is 19.1. The number of aryl methyl sites for hydroxylation is 1. The average molecular weight is 452 g/mol. The average Bonchev–Trinajstić information content (AvgIpc) is 3.26. The first-order chi connectivity index (χ1) is 16.0. The molecule has 1 aliphatic rings. The van der Waals surface area contributed by atoms with Crippen molar-refractivity contribution < 1.29 is 13.7 Å². The lowest BCUT2D eigenvalue weighted by molar-refractivity contribution is 0.145. The van der Waals surface area contributed by atoms with Crippen molar-refractivity contribution in [1.29, 1.82) is 0 Å². The molecular weight excluding hydrogens is 417 g/mol. The highest BCUT2D eigenvalue weighted by Gasteiger charge is 2.30. The van der Waals surface area contributed by atoms with E-state index in [-0.39, 0.29) is 11.9 Å². The van der Waals surface area contributed by atoms with Crippen LogP contribution in [0.5, 0.6) is 5.75 Å². The van der Waals surface area contributed by atoms with Crippen molar-refractivity contribution in [1.82, 2.24) is 15.0 Å². The summed E-state index contributed by atoms with van der Waals surface area (Å²) in [6.45, 7) is 0. The van der Waals surface area contributed by atoms with Crippen molar-refractivity contribution >= 4 is 0 Å². The van der Waals surface area contributed by atoms with Crippen molar-refractivity contribution in [2.45, 2.75) is 51.0 Å². The fraction of sp³-hybridized carbons (Fsp3) is 0.481. The Kier molecular flexibility index (Phi) is 7.76. The molecular formula is C27H34FN3O2. The number of benzene rings is 2. The van der Waals surface area contributed by atoms with Gasteiger partial charge in [-0.3, -0.25) is 0 Å². The Bertz CT molecular complexity index is 1010. The standard InChI is InChI=1S/C27H34FN3O2/c1-31(2)27(22-5-4-6-23(28)18-22)21-12-7-19(8-13-21)11-16-26-29-25(30-33-26)17-20-9-14-24(32-3)15-10-20/h4-6,9-10,14-15,18-19,21,27H,7-8,11-13,16-17H2,1-3H3. The molecule has 1 aliphatic carbocycles. The first kappa shape index (κ1) is 23.4. The van der Waals surface area contributed by atoms with Crippen LogP contribution in [0.3, 0.4) is 0 Å². The summed E-state index contributed by atoms with van der Waals surface area (Å²) in [6, 6.07) is 15.3. The molecule has 0 amide bonds. The molecule has 1 unspecified atom stereocenters. The minimum atomic E-state index is -0.154. The van der Waals surface area contributed by atoms with Crippen molar-refractivity contribution in [2.24, 2.45) is 11.8 Å². The number of hydrogen-bond donors (Lipinski definition) is 0. The van der Waals surface area contributed by atoms with Crippen LogP contribution in [-0.2, 0) is 12.8 Å². The molecule has 1 atom stereocenters. The fourth-order valence-corrected chi connectivity index (χ4v) is 5.19. The van der Waals surface area contributed by atoms with Gasteiger partial charge < -0.3 is 14.2 Å². The van der Waals surface area contributed by atoms with Crippen LogP contribution in [0, 0.1) is 17.7 Å². The maximum atomic E-state index is 13.8. The molecule has 5 nitrogen and oxygen atoms in total. The summed E-state index contributed by atoms with van der Waals surface area (Å²) >= 11 is 0. The van der Waals surface area contributed by atoms with Gasteiger partial charge in [0.25, 0.3) is 0 Å². The monoisotopic (exact) mass is 451 g/mol. The molecule has 0 spiro atoms. The third-order valence-electron chi connectivity index (χ3n) is 6.88. The van der Waals surface area contributed by atoms with E-state index in [1.807, 2.05) is 30.3 Å². The molecule has 0 aliphatic heterocycles. The van der Waals surface area contributed by atoms with Crippen LogP contribution < -0.4 is 4.74 Å². The molecule has 1 heterocycles. The molecule has 0 radical (unpaired) electrons. The van der Waals surface area contributed by atoms with Gasteiger partial charge in [0, 0.05) is 18.9 Å². The summed E-state index contributed by atoms with van der Waals surface area (Å²) in [4.78, 5) is 6.83. The normalized spacial score (nSPS) is 19.5. The second-order valence-electron chi connectivity index (χ2n) is 9.41. The van der Waals surface area contributed by atoms with Gasteiger partial charge in [-0.1, -0.05) is 42.3 Å². The summed E-state index contributed by atoms with van der Waals surface area (Å²) in [5, 5.41) is 4.16. The lowest BCUT2D eigenvalue weighted by Gasteiger charge is -2.37. The second kappa shape index (κ2) is 10.9. The highest BCUT2D eigenvalue weighted by molar-refractivity contribution is 5.28. The highest BCUT2D eigenvalue weighted by Crippen LogP contribution is 2.40. The van der Waals surface area contributed by atoms with Gasteiger partial charge >= 0.3 is 0 Å². The number of nitrogens with zero attached hydrogens (tertiary/aromatic N) is 3. The van der Waals surface area contributed by atoms with Crippen molar-refractivity contribution in [3.05, 3.63) is 77.2 Å². The van der Waals surface area contributed by atoms with Gasteiger partial charge in [-0.05, 0) is 80.6 Å². The Morgan fingerprint density at radius 2 is 1.85 bits per heavy atom. The molecule has 3 aromatic rings. The molecule has 0 bridgehead atoms. The van der Waals surface area contributed by atoms with Gasteiger partial charge in [0.15, 0.2) is 5.82 Å². The molecule has 4 rings (SSSR count). The van der Waals surface area contributed by atoms with E-state index in [9.17, 15) is 4.39 Å². The maximum absolute atomic E-state index is 13.8. The minimum Gasteiger partial charge on any atom is -0.497 e. The molecule has 1 aromatic heterocycles. The number of methoxy groups -OCH3 is 1. The van der Waals surface area contributed by atoms with Crippen LogP contribution in [-0.4, -0.2) is 36.2 Å². The van der Waals surface area contributed by atoms with Crippen LogP contribution in [0.15, 0.2) is 53.1 Å².